The molecule has 0 aliphatic carbocycles. The van der Waals surface area contributed by atoms with Gasteiger partial charge in [0, 0.05) is 21.8 Å². The third kappa shape index (κ3) is 3.82. The van der Waals surface area contributed by atoms with Crippen LogP contribution < -0.4 is 4.90 Å². The summed E-state index contributed by atoms with van der Waals surface area (Å²) in [5.74, 6) is 0. The minimum absolute atomic E-state index is 0.884. The Morgan fingerprint density at radius 2 is 1.00 bits per heavy atom. The van der Waals surface area contributed by atoms with Gasteiger partial charge < -0.3 is 9.32 Å². The fourth-order valence-corrected chi connectivity index (χ4v) is 6.82. The second-order valence-corrected chi connectivity index (χ2v) is 11.3. The van der Waals surface area contributed by atoms with Crippen LogP contribution in [0.2, 0.25) is 0 Å². The molecule has 0 bridgehead atoms. The van der Waals surface area contributed by atoms with Crippen LogP contribution in [0.1, 0.15) is 0 Å². The van der Waals surface area contributed by atoms with Gasteiger partial charge in [0.2, 0.25) is 0 Å². The van der Waals surface area contributed by atoms with E-state index in [1.165, 1.54) is 38.1 Å². The molecule has 9 rings (SSSR count). The number of nitrogens with zero attached hydrogens (tertiary/aromatic N) is 1. The van der Waals surface area contributed by atoms with Crippen LogP contribution >= 0.6 is 0 Å². The summed E-state index contributed by atoms with van der Waals surface area (Å²) in [7, 11) is 0. The first-order valence-electron chi connectivity index (χ1n) is 15.0. The predicted octanol–water partition coefficient (Wildman–Crippen LogP) is 12.2. The van der Waals surface area contributed by atoms with E-state index in [0.717, 1.165) is 44.4 Å². The van der Waals surface area contributed by atoms with Gasteiger partial charge >= 0.3 is 0 Å². The molecule has 0 aliphatic heterocycles. The Bertz CT molecular complexity index is 2510. The quantitative estimate of drug-likeness (QED) is 0.199. The molecule has 1 aromatic heterocycles. The van der Waals surface area contributed by atoms with Gasteiger partial charge in [-0.15, -0.1) is 0 Å². The van der Waals surface area contributed by atoms with E-state index >= 15 is 0 Å². The summed E-state index contributed by atoms with van der Waals surface area (Å²) in [4.78, 5) is 2.47. The molecular weight excluding hydrogens is 534 g/mol. The van der Waals surface area contributed by atoms with Gasteiger partial charge in [-0.2, -0.15) is 0 Å². The first-order chi connectivity index (χ1) is 21.8. The second kappa shape index (κ2) is 9.86. The van der Waals surface area contributed by atoms with E-state index in [9.17, 15) is 0 Å². The summed E-state index contributed by atoms with van der Waals surface area (Å²) >= 11 is 0. The van der Waals surface area contributed by atoms with Crippen LogP contribution in [0.3, 0.4) is 0 Å². The molecule has 206 valence electrons. The summed E-state index contributed by atoms with van der Waals surface area (Å²) in [5.41, 5.74) is 7.48. The van der Waals surface area contributed by atoms with Crippen molar-refractivity contribution in [2.45, 2.75) is 0 Å². The molecule has 0 aliphatic rings. The average Bonchev–Trinajstić information content (AvgIpc) is 3.47. The normalized spacial score (nSPS) is 11.6. The number of furan rings is 1. The third-order valence-electron chi connectivity index (χ3n) is 8.78. The van der Waals surface area contributed by atoms with Gasteiger partial charge in [0.05, 0.1) is 16.8 Å². The first-order valence-corrected chi connectivity index (χ1v) is 15.0. The molecule has 0 atom stereocenters. The Morgan fingerprint density at radius 3 is 1.82 bits per heavy atom. The highest BCUT2D eigenvalue weighted by molar-refractivity contribution is 6.24. The van der Waals surface area contributed by atoms with Gasteiger partial charge in [0.1, 0.15) is 11.2 Å². The van der Waals surface area contributed by atoms with Crippen LogP contribution in [0.5, 0.6) is 0 Å². The summed E-state index contributed by atoms with van der Waals surface area (Å²) in [6, 6.07) is 58.6. The smallest absolute Gasteiger partial charge is 0.138 e. The Balaban J connectivity index is 1.47. The van der Waals surface area contributed by atoms with Crippen molar-refractivity contribution in [3.63, 3.8) is 0 Å². The highest BCUT2D eigenvalue weighted by Crippen LogP contribution is 2.49. The molecule has 0 fully saturated rings. The Kier molecular flexibility index (Phi) is 5.54. The molecule has 0 unspecified atom stereocenters. The summed E-state index contributed by atoms with van der Waals surface area (Å²) in [5, 5.41) is 9.43. The molecule has 0 amide bonds. The topological polar surface area (TPSA) is 16.4 Å². The maximum atomic E-state index is 6.55. The zero-order valence-corrected chi connectivity index (χ0v) is 23.9. The van der Waals surface area contributed by atoms with Crippen LogP contribution in [0.25, 0.3) is 65.4 Å². The van der Waals surface area contributed by atoms with Crippen molar-refractivity contribution in [2.24, 2.45) is 0 Å². The fourth-order valence-electron chi connectivity index (χ4n) is 6.82. The number of anilines is 3. The van der Waals surface area contributed by atoms with E-state index in [4.69, 9.17) is 4.42 Å². The fraction of sp³-hybridized carbons (Fsp3) is 0. The summed E-state index contributed by atoms with van der Waals surface area (Å²) < 4.78 is 6.55. The number of rotatable bonds is 4. The Morgan fingerprint density at radius 1 is 0.386 bits per heavy atom. The van der Waals surface area contributed by atoms with E-state index in [0.29, 0.717) is 0 Å². The molecule has 8 aromatic carbocycles. The highest BCUT2D eigenvalue weighted by Gasteiger charge is 2.24. The van der Waals surface area contributed by atoms with Crippen molar-refractivity contribution in [1.29, 1.82) is 0 Å². The molecule has 1 heterocycles. The average molecular weight is 562 g/mol. The van der Waals surface area contributed by atoms with Crippen molar-refractivity contribution >= 4 is 71.3 Å². The van der Waals surface area contributed by atoms with E-state index in [1.807, 2.05) is 6.07 Å². The molecule has 9 aromatic rings. The lowest BCUT2D eigenvalue weighted by Crippen LogP contribution is -2.12. The molecule has 0 saturated carbocycles. The highest BCUT2D eigenvalue weighted by atomic mass is 16.3. The van der Waals surface area contributed by atoms with Crippen molar-refractivity contribution in [1.82, 2.24) is 0 Å². The van der Waals surface area contributed by atoms with E-state index in [2.05, 4.69) is 163 Å². The molecule has 2 nitrogen and oxygen atoms in total. The van der Waals surface area contributed by atoms with Crippen molar-refractivity contribution in [3.05, 3.63) is 164 Å². The number of hydrogen-bond donors (Lipinski definition) is 0. The molecule has 0 radical (unpaired) electrons. The number of benzene rings is 8. The van der Waals surface area contributed by atoms with Crippen molar-refractivity contribution < 1.29 is 4.42 Å². The maximum absolute atomic E-state index is 6.55. The first kappa shape index (κ1) is 24.7. The lowest BCUT2D eigenvalue weighted by Gasteiger charge is -2.30. The molecule has 2 heteroatoms. The largest absolute Gasteiger partial charge is 0.456 e. The van der Waals surface area contributed by atoms with E-state index < -0.39 is 0 Å². The van der Waals surface area contributed by atoms with E-state index in [1.54, 1.807) is 0 Å². The summed E-state index contributed by atoms with van der Waals surface area (Å²) in [6.07, 6.45) is 0. The van der Waals surface area contributed by atoms with E-state index in [-0.39, 0.29) is 0 Å². The van der Waals surface area contributed by atoms with Crippen LogP contribution in [-0.4, -0.2) is 0 Å². The van der Waals surface area contributed by atoms with Crippen molar-refractivity contribution in [3.8, 4) is 11.1 Å². The second-order valence-electron chi connectivity index (χ2n) is 11.3. The Labute approximate surface area is 255 Å². The number of fused-ring (bicyclic) bond motifs is 7. The lowest BCUT2D eigenvalue weighted by molar-refractivity contribution is 0.669. The van der Waals surface area contributed by atoms with Gasteiger partial charge in [-0.25, -0.2) is 0 Å². The predicted molar refractivity (Wildman–Crippen MR) is 186 cm³/mol. The van der Waals surface area contributed by atoms with Gasteiger partial charge in [-0.05, 0) is 63.0 Å². The van der Waals surface area contributed by atoms with Crippen LogP contribution in [0, 0.1) is 0 Å². The molecule has 0 N–H and O–H groups in total. The molecular formula is C42H27NO. The minimum atomic E-state index is 0.884. The summed E-state index contributed by atoms with van der Waals surface area (Å²) in [6.45, 7) is 0. The van der Waals surface area contributed by atoms with Crippen LogP contribution in [0.15, 0.2) is 168 Å². The SMILES string of the molecule is c1ccc(-c2cccc(N(c3cc4ccccc4c4ccccc34)c3c4ccccc4cc4oc5ccccc5c34)c2)cc1. The molecule has 0 saturated heterocycles. The van der Waals surface area contributed by atoms with Gasteiger partial charge in [0.25, 0.3) is 0 Å². The molecule has 44 heavy (non-hydrogen) atoms. The van der Waals surface area contributed by atoms with Gasteiger partial charge in [-0.1, -0.05) is 133 Å². The maximum Gasteiger partial charge on any atom is 0.138 e. The zero-order chi connectivity index (χ0) is 29.0. The number of hydrogen-bond acceptors (Lipinski definition) is 2. The number of para-hydroxylation sites is 1. The monoisotopic (exact) mass is 561 g/mol. The Hall–Kier alpha value is -5.86. The van der Waals surface area contributed by atoms with Crippen LogP contribution in [0.4, 0.5) is 17.1 Å². The third-order valence-corrected chi connectivity index (χ3v) is 8.78. The lowest BCUT2D eigenvalue weighted by atomic mass is 9.96. The van der Waals surface area contributed by atoms with Gasteiger partial charge in [0.15, 0.2) is 0 Å². The molecule has 0 spiro atoms. The standard InChI is InChI=1S/C42H27NO/c1-2-13-28(14-3-1)29-17-12-18-32(25-29)43(38-26-30-15-4-6-19-33(30)35-21-8-9-22-36(35)38)42-34-20-7-5-16-31(34)27-40-41(42)37-23-10-11-24-39(37)44-40/h1-27H. The van der Waals surface area contributed by atoms with Crippen molar-refractivity contribution in [2.75, 3.05) is 4.90 Å². The zero-order valence-electron chi connectivity index (χ0n) is 23.9. The minimum Gasteiger partial charge on any atom is -0.456 e. The van der Waals surface area contributed by atoms with Gasteiger partial charge in [-0.3, -0.25) is 0 Å². The van der Waals surface area contributed by atoms with Crippen LogP contribution in [-0.2, 0) is 0 Å².